The van der Waals surface area contributed by atoms with Crippen molar-refractivity contribution in [3.05, 3.63) is 35.9 Å². The molecule has 0 aliphatic carbocycles. The molecular formula is C11H15N5. The quantitative estimate of drug-likeness (QED) is 0.813. The highest BCUT2D eigenvalue weighted by atomic mass is 15.2. The molecule has 0 fully saturated rings. The van der Waals surface area contributed by atoms with Gasteiger partial charge >= 0.3 is 0 Å². The van der Waals surface area contributed by atoms with Crippen LogP contribution in [0.25, 0.3) is 0 Å². The number of pyridine rings is 1. The van der Waals surface area contributed by atoms with Crippen molar-refractivity contribution in [1.29, 1.82) is 0 Å². The molecule has 0 aliphatic heterocycles. The van der Waals surface area contributed by atoms with Gasteiger partial charge in [-0.05, 0) is 13.0 Å². The van der Waals surface area contributed by atoms with Crippen LogP contribution < -0.4 is 11.1 Å². The monoisotopic (exact) mass is 217 g/mol. The summed E-state index contributed by atoms with van der Waals surface area (Å²) in [5, 5.41) is 7.54. The number of nitrogens with one attached hydrogen (secondary N) is 1. The Balaban J connectivity index is 2.08. The molecule has 16 heavy (non-hydrogen) atoms. The standard InChI is InChI=1S/C11H15N5/c1-8-9(7-16(2)15-8)5-14-11-3-4-13-6-10(11)12/h3-4,6-7H,5,12H2,1-2H3,(H,13,14). The molecule has 5 heteroatoms. The second-order valence-electron chi connectivity index (χ2n) is 3.73. The van der Waals surface area contributed by atoms with E-state index < -0.39 is 0 Å². The highest BCUT2D eigenvalue weighted by Gasteiger charge is 2.03. The Labute approximate surface area is 94.3 Å². The van der Waals surface area contributed by atoms with Crippen molar-refractivity contribution in [2.45, 2.75) is 13.5 Å². The van der Waals surface area contributed by atoms with Crippen LogP contribution in [0.3, 0.4) is 0 Å². The first kappa shape index (κ1) is 10.5. The average Bonchev–Trinajstić information content (AvgIpc) is 2.56. The third kappa shape index (κ3) is 2.13. The molecule has 2 rings (SSSR count). The first-order valence-electron chi connectivity index (χ1n) is 5.09. The summed E-state index contributed by atoms with van der Waals surface area (Å²) in [6, 6.07) is 1.86. The van der Waals surface area contributed by atoms with Crippen LogP contribution in [0, 0.1) is 6.92 Å². The molecule has 0 saturated carbocycles. The molecule has 0 atom stereocenters. The van der Waals surface area contributed by atoms with Crippen molar-refractivity contribution in [2.75, 3.05) is 11.1 Å². The molecule has 0 radical (unpaired) electrons. The Morgan fingerprint density at radius 2 is 2.31 bits per heavy atom. The zero-order chi connectivity index (χ0) is 11.5. The topological polar surface area (TPSA) is 68.8 Å². The minimum atomic E-state index is 0.657. The van der Waals surface area contributed by atoms with Crippen LogP contribution in [0.2, 0.25) is 0 Å². The molecular weight excluding hydrogens is 202 g/mol. The van der Waals surface area contributed by atoms with Crippen LogP contribution in [0.15, 0.2) is 24.7 Å². The van der Waals surface area contributed by atoms with Crippen LogP contribution in [0.5, 0.6) is 0 Å². The minimum Gasteiger partial charge on any atom is -0.396 e. The van der Waals surface area contributed by atoms with Gasteiger partial charge in [-0.1, -0.05) is 0 Å². The molecule has 2 aromatic rings. The van der Waals surface area contributed by atoms with E-state index in [-0.39, 0.29) is 0 Å². The lowest BCUT2D eigenvalue weighted by Gasteiger charge is -2.07. The SMILES string of the molecule is Cc1nn(C)cc1CNc1ccncc1N. The van der Waals surface area contributed by atoms with Crippen molar-refractivity contribution >= 4 is 11.4 Å². The van der Waals surface area contributed by atoms with Crippen molar-refractivity contribution in [3.8, 4) is 0 Å². The maximum Gasteiger partial charge on any atom is 0.0736 e. The van der Waals surface area contributed by atoms with E-state index in [9.17, 15) is 0 Å². The van der Waals surface area contributed by atoms with Gasteiger partial charge in [0.25, 0.3) is 0 Å². The van der Waals surface area contributed by atoms with Gasteiger partial charge in [0.1, 0.15) is 0 Å². The average molecular weight is 217 g/mol. The van der Waals surface area contributed by atoms with E-state index in [1.54, 1.807) is 12.4 Å². The Bertz CT molecular complexity index is 489. The van der Waals surface area contributed by atoms with Gasteiger partial charge in [-0.15, -0.1) is 0 Å². The largest absolute Gasteiger partial charge is 0.396 e. The molecule has 0 aliphatic rings. The molecule has 0 amide bonds. The fourth-order valence-corrected chi connectivity index (χ4v) is 1.58. The van der Waals surface area contributed by atoms with E-state index in [0.717, 1.165) is 11.4 Å². The Morgan fingerprint density at radius 1 is 1.50 bits per heavy atom. The third-order valence-electron chi connectivity index (χ3n) is 2.44. The van der Waals surface area contributed by atoms with Crippen molar-refractivity contribution in [1.82, 2.24) is 14.8 Å². The van der Waals surface area contributed by atoms with Crippen molar-refractivity contribution in [3.63, 3.8) is 0 Å². The summed E-state index contributed by atoms with van der Waals surface area (Å²) in [5.41, 5.74) is 9.54. The number of hydrogen-bond acceptors (Lipinski definition) is 4. The Morgan fingerprint density at radius 3 is 2.94 bits per heavy atom. The van der Waals surface area contributed by atoms with Crippen molar-refractivity contribution < 1.29 is 0 Å². The molecule has 0 spiro atoms. The van der Waals surface area contributed by atoms with E-state index >= 15 is 0 Å². The summed E-state index contributed by atoms with van der Waals surface area (Å²) < 4.78 is 1.81. The van der Waals surface area contributed by atoms with Gasteiger partial charge in [-0.2, -0.15) is 5.10 Å². The molecule has 3 N–H and O–H groups in total. The summed E-state index contributed by atoms with van der Waals surface area (Å²) in [6.45, 7) is 2.71. The molecule has 2 aromatic heterocycles. The van der Waals surface area contributed by atoms with Crippen molar-refractivity contribution in [2.24, 2.45) is 7.05 Å². The normalized spacial score (nSPS) is 10.4. The highest BCUT2D eigenvalue weighted by Crippen LogP contribution is 2.16. The molecule has 2 heterocycles. The summed E-state index contributed by atoms with van der Waals surface area (Å²) in [4.78, 5) is 3.94. The minimum absolute atomic E-state index is 0.657. The molecule has 0 bridgehead atoms. The first-order chi connectivity index (χ1) is 7.66. The van der Waals surface area contributed by atoms with E-state index in [0.29, 0.717) is 12.2 Å². The van der Waals surface area contributed by atoms with Crippen LogP contribution in [0.1, 0.15) is 11.3 Å². The van der Waals surface area contributed by atoms with Crippen LogP contribution in [-0.2, 0) is 13.6 Å². The first-order valence-corrected chi connectivity index (χ1v) is 5.09. The summed E-state index contributed by atoms with van der Waals surface area (Å²) in [6.07, 6.45) is 5.35. The van der Waals surface area contributed by atoms with Gasteiger partial charge in [0.05, 0.1) is 23.3 Å². The summed E-state index contributed by atoms with van der Waals surface area (Å²) >= 11 is 0. The van der Waals surface area contributed by atoms with Gasteiger partial charge in [-0.3, -0.25) is 9.67 Å². The van der Waals surface area contributed by atoms with Gasteiger partial charge in [-0.25, -0.2) is 0 Å². The van der Waals surface area contributed by atoms with Gasteiger partial charge < -0.3 is 11.1 Å². The molecule has 5 nitrogen and oxygen atoms in total. The summed E-state index contributed by atoms with van der Waals surface area (Å²) in [7, 11) is 1.91. The number of nitrogens with two attached hydrogens (primary N) is 1. The molecule has 0 saturated heterocycles. The lowest BCUT2D eigenvalue weighted by molar-refractivity contribution is 0.756. The van der Waals surface area contributed by atoms with E-state index in [1.807, 2.05) is 30.9 Å². The molecule has 0 unspecified atom stereocenters. The maximum absolute atomic E-state index is 5.78. The van der Waals surface area contributed by atoms with Gasteiger partial charge in [0.2, 0.25) is 0 Å². The van der Waals surface area contributed by atoms with Gasteiger partial charge in [0.15, 0.2) is 0 Å². The number of rotatable bonds is 3. The predicted molar refractivity (Wildman–Crippen MR) is 63.9 cm³/mol. The molecule has 84 valence electrons. The number of nitrogen functional groups attached to an aromatic ring is 1. The Kier molecular flexibility index (Phi) is 2.76. The lowest BCUT2D eigenvalue weighted by Crippen LogP contribution is -2.03. The highest BCUT2D eigenvalue weighted by molar-refractivity contribution is 5.64. The smallest absolute Gasteiger partial charge is 0.0736 e. The van der Waals surface area contributed by atoms with Gasteiger partial charge in [0, 0.05) is 31.5 Å². The van der Waals surface area contributed by atoms with Crippen LogP contribution in [0.4, 0.5) is 11.4 Å². The fourth-order valence-electron chi connectivity index (χ4n) is 1.58. The maximum atomic E-state index is 5.78. The zero-order valence-corrected chi connectivity index (χ0v) is 9.44. The predicted octanol–water partition coefficient (Wildman–Crippen LogP) is 1.32. The van der Waals surface area contributed by atoms with E-state index in [4.69, 9.17) is 5.73 Å². The third-order valence-corrected chi connectivity index (χ3v) is 2.44. The second-order valence-corrected chi connectivity index (χ2v) is 3.73. The lowest BCUT2D eigenvalue weighted by atomic mass is 10.2. The fraction of sp³-hybridized carbons (Fsp3) is 0.273. The van der Waals surface area contributed by atoms with E-state index in [1.165, 1.54) is 5.56 Å². The number of hydrogen-bond donors (Lipinski definition) is 2. The second kappa shape index (κ2) is 4.22. The Hall–Kier alpha value is -2.04. The number of anilines is 2. The van der Waals surface area contributed by atoms with Crippen LogP contribution >= 0.6 is 0 Å². The molecule has 0 aromatic carbocycles. The number of aryl methyl sites for hydroxylation is 2. The van der Waals surface area contributed by atoms with E-state index in [2.05, 4.69) is 15.4 Å². The summed E-state index contributed by atoms with van der Waals surface area (Å²) in [5.74, 6) is 0. The zero-order valence-electron chi connectivity index (χ0n) is 9.44. The van der Waals surface area contributed by atoms with Crippen LogP contribution in [-0.4, -0.2) is 14.8 Å². The number of aromatic nitrogens is 3. The number of nitrogens with zero attached hydrogens (tertiary/aromatic N) is 3.